The van der Waals surface area contributed by atoms with Gasteiger partial charge in [-0.25, -0.2) is 13.6 Å². The first-order chi connectivity index (χ1) is 14.9. The van der Waals surface area contributed by atoms with Crippen molar-refractivity contribution >= 4 is 23.4 Å². The van der Waals surface area contributed by atoms with Crippen molar-refractivity contribution in [3.8, 4) is 11.1 Å². The number of anilines is 1. The van der Waals surface area contributed by atoms with Crippen LogP contribution in [0.4, 0.5) is 14.5 Å². The molecule has 2 heterocycles. The maximum absolute atomic E-state index is 13.4. The summed E-state index contributed by atoms with van der Waals surface area (Å²) in [5, 5.41) is 10.8. The van der Waals surface area contributed by atoms with Crippen LogP contribution in [0, 0.1) is 0 Å². The molecule has 0 aliphatic carbocycles. The van der Waals surface area contributed by atoms with Gasteiger partial charge in [-0.1, -0.05) is 36.0 Å². The minimum Gasteiger partial charge on any atom is -0.461 e. The molecule has 1 aliphatic heterocycles. The highest BCUT2D eigenvalue weighted by molar-refractivity contribution is 7.99. The van der Waals surface area contributed by atoms with Gasteiger partial charge in [-0.2, -0.15) is 5.21 Å². The molecule has 1 saturated heterocycles. The molecule has 1 aromatic heterocycles. The van der Waals surface area contributed by atoms with Crippen LogP contribution in [0.2, 0.25) is 0 Å². The molecule has 0 unspecified atom stereocenters. The standard InChI is InChI=1S/C22H22F2N4O2S/c1-2-30-21(29)19-20(26-27-25-19)31-18-9-5-16(6-10-18)15-3-7-17(8-4-15)28-13-11-22(23,24)12-14-28/h3-10H,2,11-14H2,1H3,(H,25,26,27). The van der Waals surface area contributed by atoms with Crippen LogP contribution in [0.3, 0.4) is 0 Å². The average molecular weight is 445 g/mol. The van der Waals surface area contributed by atoms with Crippen molar-refractivity contribution in [2.45, 2.75) is 35.6 Å². The molecule has 1 fully saturated rings. The number of alkyl halides is 2. The largest absolute Gasteiger partial charge is 0.461 e. The summed E-state index contributed by atoms with van der Waals surface area (Å²) in [5.74, 6) is -3.05. The van der Waals surface area contributed by atoms with Gasteiger partial charge in [0, 0.05) is 36.5 Å². The summed E-state index contributed by atoms with van der Waals surface area (Å²) in [4.78, 5) is 14.8. The predicted molar refractivity (Wildman–Crippen MR) is 115 cm³/mol. The van der Waals surface area contributed by atoms with E-state index in [1.807, 2.05) is 53.4 Å². The van der Waals surface area contributed by atoms with Gasteiger partial charge in [0.25, 0.3) is 5.92 Å². The highest BCUT2D eigenvalue weighted by Gasteiger charge is 2.33. The quantitative estimate of drug-likeness (QED) is 0.538. The van der Waals surface area contributed by atoms with Crippen LogP contribution in [0.15, 0.2) is 58.5 Å². The van der Waals surface area contributed by atoms with Gasteiger partial charge in [0.05, 0.1) is 6.61 Å². The Kier molecular flexibility index (Phi) is 6.22. The minimum absolute atomic E-state index is 0.0999. The van der Waals surface area contributed by atoms with Crippen molar-refractivity contribution in [2.24, 2.45) is 0 Å². The van der Waals surface area contributed by atoms with Crippen LogP contribution in [-0.2, 0) is 4.74 Å². The molecule has 0 bridgehead atoms. The number of nitrogens with zero attached hydrogens (tertiary/aromatic N) is 3. The van der Waals surface area contributed by atoms with Crippen molar-refractivity contribution in [1.29, 1.82) is 0 Å². The lowest BCUT2D eigenvalue weighted by Crippen LogP contribution is -2.39. The van der Waals surface area contributed by atoms with E-state index in [0.717, 1.165) is 21.7 Å². The SMILES string of the molecule is CCOC(=O)c1n[nH]nc1Sc1ccc(-c2ccc(N3CCC(F)(F)CC3)cc2)cc1. The summed E-state index contributed by atoms with van der Waals surface area (Å²) in [7, 11) is 0. The molecule has 0 spiro atoms. The lowest BCUT2D eigenvalue weighted by Gasteiger charge is -2.33. The van der Waals surface area contributed by atoms with Gasteiger partial charge in [0.1, 0.15) is 0 Å². The third-order valence-corrected chi connectivity index (χ3v) is 6.10. The second-order valence-electron chi connectivity index (χ2n) is 7.21. The number of esters is 1. The number of nitrogens with one attached hydrogen (secondary N) is 1. The Morgan fingerprint density at radius 2 is 1.68 bits per heavy atom. The van der Waals surface area contributed by atoms with Crippen molar-refractivity contribution < 1.29 is 18.3 Å². The van der Waals surface area contributed by atoms with E-state index in [1.54, 1.807) is 6.92 Å². The minimum atomic E-state index is -2.54. The number of aromatic amines is 1. The molecular weight excluding hydrogens is 422 g/mol. The second-order valence-corrected chi connectivity index (χ2v) is 8.28. The third-order valence-electron chi connectivity index (χ3n) is 5.11. The summed E-state index contributed by atoms with van der Waals surface area (Å²) in [6.07, 6.45) is -0.200. The fourth-order valence-electron chi connectivity index (χ4n) is 3.41. The van der Waals surface area contributed by atoms with Gasteiger partial charge in [-0.3, -0.25) is 0 Å². The number of rotatable bonds is 6. The first-order valence-electron chi connectivity index (χ1n) is 10.0. The highest BCUT2D eigenvalue weighted by Crippen LogP contribution is 2.33. The fraction of sp³-hybridized carbons (Fsp3) is 0.318. The van der Waals surface area contributed by atoms with E-state index in [9.17, 15) is 13.6 Å². The zero-order valence-corrected chi connectivity index (χ0v) is 17.8. The van der Waals surface area contributed by atoms with Crippen molar-refractivity contribution in [3.63, 3.8) is 0 Å². The maximum Gasteiger partial charge on any atom is 0.361 e. The average Bonchev–Trinajstić information content (AvgIpc) is 3.23. The molecular formula is C22H22F2N4O2S. The van der Waals surface area contributed by atoms with E-state index in [-0.39, 0.29) is 25.1 Å². The van der Waals surface area contributed by atoms with Crippen LogP contribution in [-0.4, -0.2) is 47.0 Å². The number of halogens is 2. The van der Waals surface area contributed by atoms with Crippen LogP contribution >= 0.6 is 11.8 Å². The third kappa shape index (κ3) is 5.04. The monoisotopic (exact) mass is 444 g/mol. The van der Waals surface area contributed by atoms with E-state index in [1.165, 1.54) is 11.8 Å². The number of aromatic nitrogens is 3. The number of H-pyrrole nitrogens is 1. The maximum atomic E-state index is 13.4. The van der Waals surface area contributed by atoms with Crippen molar-refractivity contribution in [3.05, 3.63) is 54.2 Å². The molecule has 162 valence electrons. The molecule has 6 nitrogen and oxygen atoms in total. The summed E-state index contributed by atoms with van der Waals surface area (Å²) < 4.78 is 31.7. The molecule has 3 aromatic rings. The van der Waals surface area contributed by atoms with Gasteiger partial charge in [-0.05, 0) is 42.3 Å². The first kappa shape index (κ1) is 21.3. The second kappa shape index (κ2) is 9.05. The summed E-state index contributed by atoms with van der Waals surface area (Å²) in [6.45, 7) is 2.75. The Labute approximate surface area is 183 Å². The zero-order chi connectivity index (χ0) is 21.8. The zero-order valence-electron chi connectivity index (χ0n) is 17.0. The summed E-state index contributed by atoms with van der Waals surface area (Å²) in [5.41, 5.74) is 3.20. The van der Waals surface area contributed by atoms with Crippen LogP contribution in [0.25, 0.3) is 11.1 Å². The van der Waals surface area contributed by atoms with E-state index in [4.69, 9.17) is 4.74 Å². The smallest absolute Gasteiger partial charge is 0.361 e. The lowest BCUT2D eigenvalue weighted by molar-refractivity contribution is -0.0220. The van der Waals surface area contributed by atoms with Gasteiger partial charge in [0.2, 0.25) is 5.69 Å². The Balaban J connectivity index is 1.42. The van der Waals surface area contributed by atoms with E-state index in [0.29, 0.717) is 18.1 Å². The summed E-state index contributed by atoms with van der Waals surface area (Å²) in [6, 6.07) is 15.8. The Morgan fingerprint density at radius 3 is 2.29 bits per heavy atom. The lowest BCUT2D eigenvalue weighted by atomic mass is 10.0. The Bertz CT molecular complexity index is 1030. The molecule has 0 saturated carbocycles. The Morgan fingerprint density at radius 1 is 1.06 bits per heavy atom. The van der Waals surface area contributed by atoms with Gasteiger partial charge in [0.15, 0.2) is 5.03 Å². The normalized spacial score (nSPS) is 15.6. The van der Waals surface area contributed by atoms with Crippen molar-refractivity contribution in [1.82, 2.24) is 15.4 Å². The van der Waals surface area contributed by atoms with Gasteiger partial charge in [-0.15, -0.1) is 10.2 Å². The predicted octanol–water partition coefficient (Wildman–Crippen LogP) is 5.04. The molecule has 4 rings (SSSR count). The Hall–Kier alpha value is -2.94. The topological polar surface area (TPSA) is 71.1 Å². The number of benzene rings is 2. The van der Waals surface area contributed by atoms with Crippen LogP contribution in [0.5, 0.6) is 0 Å². The van der Waals surface area contributed by atoms with E-state index in [2.05, 4.69) is 15.4 Å². The molecule has 31 heavy (non-hydrogen) atoms. The van der Waals surface area contributed by atoms with Crippen LogP contribution in [0.1, 0.15) is 30.3 Å². The van der Waals surface area contributed by atoms with Gasteiger partial charge >= 0.3 is 5.97 Å². The number of carbonyl (C=O) groups excluding carboxylic acids is 1. The molecule has 0 amide bonds. The van der Waals surface area contributed by atoms with Crippen LogP contribution < -0.4 is 4.90 Å². The number of hydrogen-bond donors (Lipinski definition) is 1. The van der Waals surface area contributed by atoms with Gasteiger partial charge < -0.3 is 9.64 Å². The van der Waals surface area contributed by atoms with Crippen molar-refractivity contribution in [2.75, 3.05) is 24.6 Å². The highest BCUT2D eigenvalue weighted by atomic mass is 32.2. The molecule has 1 N–H and O–H groups in total. The fourth-order valence-corrected chi connectivity index (χ4v) is 4.22. The first-order valence-corrected chi connectivity index (χ1v) is 10.9. The molecule has 9 heteroatoms. The number of ether oxygens (including phenoxy) is 1. The summed E-state index contributed by atoms with van der Waals surface area (Å²) >= 11 is 1.33. The number of piperidine rings is 1. The molecule has 0 radical (unpaired) electrons. The van der Waals surface area contributed by atoms with E-state index < -0.39 is 11.9 Å². The molecule has 2 aromatic carbocycles. The number of hydrogen-bond acceptors (Lipinski definition) is 6. The molecule has 1 aliphatic rings. The molecule has 0 atom stereocenters. The van der Waals surface area contributed by atoms with E-state index >= 15 is 0 Å². The number of carbonyl (C=O) groups is 1.